The van der Waals surface area contributed by atoms with Crippen LogP contribution in [0.4, 0.5) is 0 Å². The number of rotatable bonds is 4. The molecule has 0 amide bonds. The molecule has 0 unspecified atom stereocenters. The number of aryl methyl sites for hydroxylation is 1. The summed E-state index contributed by atoms with van der Waals surface area (Å²) < 4.78 is 0. The summed E-state index contributed by atoms with van der Waals surface area (Å²) in [5.41, 5.74) is 1.06. The van der Waals surface area contributed by atoms with Gasteiger partial charge in [0.05, 0.1) is 4.88 Å². The van der Waals surface area contributed by atoms with Gasteiger partial charge in [-0.15, -0.1) is 11.3 Å². The van der Waals surface area contributed by atoms with Gasteiger partial charge in [0.2, 0.25) is 0 Å². The molecule has 0 spiro atoms. The van der Waals surface area contributed by atoms with Crippen molar-refractivity contribution in [3.63, 3.8) is 0 Å². The van der Waals surface area contributed by atoms with Gasteiger partial charge in [-0.3, -0.25) is 4.79 Å². The molecule has 2 heterocycles. The summed E-state index contributed by atoms with van der Waals surface area (Å²) in [7, 11) is 0. The van der Waals surface area contributed by atoms with Crippen LogP contribution in [0.1, 0.15) is 47.8 Å². The van der Waals surface area contributed by atoms with E-state index in [4.69, 9.17) is 0 Å². The minimum atomic E-state index is -0.0877. The van der Waals surface area contributed by atoms with Crippen LogP contribution < -0.4 is 5.32 Å². The van der Waals surface area contributed by atoms with Gasteiger partial charge in [0.25, 0.3) is 0 Å². The predicted octanol–water partition coefficient (Wildman–Crippen LogP) is 3.41. The number of Topliss-reactive ketones (excluding diaryl/α,β-unsaturated/α-hetero) is 1. The van der Waals surface area contributed by atoms with E-state index in [9.17, 15) is 4.79 Å². The van der Waals surface area contributed by atoms with Crippen LogP contribution in [0, 0.1) is 12.3 Å². The van der Waals surface area contributed by atoms with E-state index >= 15 is 0 Å². The van der Waals surface area contributed by atoms with Crippen LogP contribution in [0.25, 0.3) is 0 Å². The summed E-state index contributed by atoms with van der Waals surface area (Å²) in [5.74, 6) is 0.397. The van der Waals surface area contributed by atoms with Gasteiger partial charge in [0.1, 0.15) is 0 Å². The van der Waals surface area contributed by atoms with Crippen LogP contribution in [0.15, 0.2) is 11.4 Å². The Morgan fingerprint density at radius 1 is 1.47 bits per heavy atom. The minimum Gasteiger partial charge on any atom is -0.317 e. The van der Waals surface area contributed by atoms with E-state index in [2.05, 4.69) is 18.3 Å². The molecule has 94 valence electrons. The van der Waals surface area contributed by atoms with Crippen molar-refractivity contribution in [1.82, 2.24) is 5.32 Å². The van der Waals surface area contributed by atoms with Gasteiger partial charge in [-0.1, -0.05) is 13.3 Å². The highest BCUT2D eigenvalue weighted by molar-refractivity contribution is 7.12. The quantitative estimate of drug-likeness (QED) is 0.831. The number of nitrogens with one attached hydrogen (secondary N) is 1. The van der Waals surface area contributed by atoms with Crippen LogP contribution in [0.3, 0.4) is 0 Å². The highest BCUT2D eigenvalue weighted by Crippen LogP contribution is 2.39. The van der Waals surface area contributed by atoms with Gasteiger partial charge >= 0.3 is 0 Å². The lowest BCUT2D eigenvalue weighted by molar-refractivity contribution is 0.0708. The Balaban J connectivity index is 2.27. The fourth-order valence-corrected chi connectivity index (χ4v) is 3.81. The molecule has 1 aromatic rings. The van der Waals surface area contributed by atoms with E-state index in [0.717, 1.165) is 49.2 Å². The summed E-state index contributed by atoms with van der Waals surface area (Å²) in [6, 6.07) is 2.05. The third-order valence-electron chi connectivity index (χ3n) is 3.84. The van der Waals surface area contributed by atoms with Crippen molar-refractivity contribution in [2.24, 2.45) is 5.41 Å². The molecular weight excluding hydrogens is 230 g/mol. The minimum absolute atomic E-state index is 0.0877. The van der Waals surface area contributed by atoms with E-state index in [1.807, 2.05) is 12.3 Å². The molecule has 1 aromatic heterocycles. The number of hydrogen-bond donors (Lipinski definition) is 1. The van der Waals surface area contributed by atoms with E-state index < -0.39 is 0 Å². The molecule has 2 nitrogen and oxygen atoms in total. The molecule has 17 heavy (non-hydrogen) atoms. The van der Waals surface area contributed by atoms with Gasteiger partial charge in [0.15, 0.2) is 5.78 Å². The second-order valence-corrected chi connectivity index (χ2v) is 5.96. The van der Waals surface area contributed by atoms with E-state index in [-0.39, 0.29) is 5.41 Å². The zero-order valence-corrected chi connectivity index (χ0v) is 11.5. The Bertz CT molecular complexity index is 385. The molecule has 1 N–H and O–H groups in total. The summed E-state index contributed by atoms with van der Waals surface area (Å²) in [6.07, 6.45) is 4.12. The largest absolute Gasteiger partial charge is 0.317 e. The summed E-state index contributed by atoms with van der Waals surface area (Å²) in [6.45, 7) is 6.19. The molecule has 2 rings (SSSR count). The molecule has 1 aliphatic heterocycles. The first-order valence-electron chi connectivity index (χ1n) is 6.49. The molecule has 0 aliphatic carbocycles. The fraction of sp³-hybridized carbons (Fsp3) is 0.643. The second-order valence-electron chi connectivity index (χ2n) is 5.04. The predicted molar refractivity (Wildman–Crippen MR) is 72.8 cm³/mol. The highest BCUT2D eigenvalue weighted by Gasteiger charge is 2.39. The van der Waals surface area contributed by atoms with Crippen molar-refractivity contribution in [1.29, 1.82) is 0 Å². The molecule has 1 fully saturated rings. The van der Waals surface area contributed by atoms with Crippen LogP contribution in [-0.2, 0) is 0 Å². The third-order valence-corrected chi connectivity index (χ3v) is 4.85. The Hall–Kier alpha value is -0.670. The molecule has 0 aromatic carbocycles. The first-order valence-corrected chi connectivity index (χ1v) is 7.37. The first kappa shape index (κ1) is 12.8. The van der Waals surface area contributed by atoms with Crippen molar-refractivity contribution in [3.8, 4) is 0 Å². The fourth-order valence-electron chi connectivity index (χ4n) is 2.82. The molecular formula is C14H21NOS. The lowest BCUT2D eigenvalue weighted by Gasteiger charge is -2.36. The number of hydrogen-bond acceptors (Lipinski definition) is 3. The van der Waals surface area contributed by atoms with Crippen LogP contribution >= 0.6 is 11.3 Å². The topological polar surface area (TPSA) is 29.1 Å². The Kier molecular flexibility index (Phi) is 4.00. The van der Waals surface area contributed by atoms with Crippen molar-refractivity contribution in [2.45, 2.75) is 39.5 Å². The normalized spacial score (nSPS) is 19.2. The van der Waals surface area contributed by atoms with E-state index in [1.54, 1.807) is 11.3 Å². The van der Waals surface area contributed by atoms with Crippen molar-refractivity contribution in [2.75, 3.05) is 13.1 Å². The van der Waals surface area contributed by atoms with Crippen LogP contribution in [0.2, 0.25) is 0 Å². The van der Waals surface area contributed by atoms with Crippen LogP contribution in [-0.4, -0.2) is 18.9 Å². The third kappa shape index (κ3) is 2.45. The summed E-state index contributed by atoms with van der Waals surface area (Å²) >= 11 is 1.61. The van der Waals surface area contributed by atoms with E-state index in [0.29, 0.717) is 5.78 Å². The Morgan fingerprint density at radius 2 is 2.18 bits per heavy atom. The number of carbonyl (C=O) groups excluding carboxylic acids is 1. The van der Waals surface area contributed by atoms with Gasteiger partial charge in [-0.05, 0) is 56.3 Å². The maximum atomic E-state index is 12.8. The second kappa shape index (κ2) is 5.32. The monoisotopic (exact) mass is 251 g/mol. The summed E-state index contributed by atoms with van der Waals surface area (Å²) in [4.78, 5) is 13.8. The average Bonchev–Trinajstić information content (AvgIpc) is 2.76. The standard InChI is InChI=1S/C14H21NOS/c1-3-5-14(6-8-15-9-7-14)13(16)12-11(2)4-10-17-12/h4,10,15H,3,5-9H2,1-2H3. The smallest absolute Gasteiger partial charge is 0.179 e. The molecule has 0 atom stereocenters. The Labute approximate surface area is 107 Å². The van der Waals surface area contributed by atoms with Gasteiger partial charge < -0.3 is 5.32 Å². The van der Waals surface area contributed by atoms with Crippen molar-refractivity contribution >= 4 is 17.1 Å². The molecule has 3 heteroatoms. The maximum Gasteiger partial charge on any atom is 0.179 e. The van der Waals surface area contributed by atoms with Gasteiger partial charge in [0, 0.05) is 5.41 Å². The van der Waals surface area contributed by atoms with Gasteiger partial charge in [-0.25, -0.2) is 0 Å². The average molecular weight is 251 g/mol. The van der Waals surface area contributed by atoms with Crippen LogP contribution in [0.5, 0.6) is 0 Å². The lowest BCUT2D eigenvalue weighted by Crippen LogP contribution is -2.42. The highest BCUT2D eigenvalue weighted by atomic mass is 32.1. The van der Waals surface area contributed by atoms with Crippen molar-refractivity contribution in [3.05, 3.63) is 21.9 Å². The first-order chi connectivity index (χ1) is 8.19. The lowest BCUT2D eigenvalue weighted by atomic mass is 9.71. The molecule has 1 saturated heterocycles. The number of ketones is 1. The van der Waals surface area contributed by atoms with Crippen molar-refractivity contribution < 1.29 is 4.79 Å². The number of thiophene rings is 1. The van der Waals surface area contributed by atoms with Gasteiger partial charge in [-0.2, -0.15) is 0 Å². The molecule has 0 saturated carbocycles. The maximum absolute atomic E-state index is 12.8. The molecule has 0 radical (unpaired) electrons. The van der Waals surface area contributed by atoms with E-state index in [1.165, 1.54) is 0 Å². The zero-order valence-electron chi connectivity index (χ0n) is 10.7. The SMILES string of the molecule is CCCC1(C(=O)c2sccc2C)CCNCC1. The summed E-state index contributed by atoms with van der Waals surface area (Å²) in [5, 5.41) is 5.39. The molecule has 0 bridgehead atoms. The number of carbonyl (C=O) groups is 1. The Morgan fingerprint density at radius 3 is 2.71 bits per heavy atom. The molecule has 1 aliphatic rings. The number of piperidine rings is 1. The zero-order chi connectivity index (χ0) is 12.3.